The topological polar surface area (TPSA) is 37.3 Å². The van der Waals surface area contributed by atoms with Gasteiger partial charge in [-0.15, -0.1) is 0 Å². The highest BCUT2D eigenvalue weighted by Crippen LogP contribution is 2.59. The standard InChI is InChI=1S/C12H16O2/c13-12(14)6-8-4-7-5-11(8)10-3-1-2-9(7)10/h1,3,7-11H,2,4-6H2,(H,13,14)/t7-,8-,9-,10+,11+/m0/s1. The Morgan fingerprint density at radius 3 is 3.00 bits per heavy atom. The zero-order chi connectivity index (χ0) is 9.71. The molecule has 0 saturated heterocycles. The molecule has 2 saturated carbocycles. The second-order valence-corrected chi connectivity index (χ2v) is 5.16. The van der Waals surface area contributed by atoms with Crippen molar-refractivity contribution in [1.29, 1.82) is 0 Å². The summed E-state index contributed by atoms with van der Waals surface area (Å²) in [5.41, 5.74) is 0. The molecule has 0 unspecified atom stereocenters. The second-order valence-electron chi connectivity index (χ2n) is 5.16. The van der Waals surface area contributed by atoms with E-state index in [1.54, 1.807) is 0 Å². The van der Waals surface area contributed by atoms with Crippen molar-refractivity contribution in [2.24, 2.45) is 29.6 Å². The Labute approximate surface area is 84.0 Å². The normalized spacial score (nSPS) is 48.4. The number of hydrogen-bond donors (Lipinski definition) is 1. The Bertz CT molecular complexity index is 295. The van der Waals surface area contributed by atoms with Gasteiger partial charge in [0.25, 0.3) is 0 Å². The molecule has 2 bridgehead atoms. The molecule has 3 aliphatic carbocycles. The number of aliphatic carboxylic acids is 1. The molecule has 0 amide bonds. The van der Waals surface area contributed by atoms with Crippen LogP contribution in [0.3, 0.4) is 0 Å². The van der Waals surface area contributed by atoms with E-state index < -0.39 is 5.97 Å². The third-order valence-electron chi connectivity index (χ3n) is 4.58. The highest BCUT2D eigenvalue weighted by Gasteiger charge is 2.52. The Morgan fingerprint density at radius 1 is 1.36 bits per heavy atom. The second kappa shape index (κ2) is 2.85. The number of hydrogen-bond acceptors (Lipinski definition) is 1. The molecule has 0 aliphatic heterocycles. The molecular formula is C12H16O2. The van der Waals surface area contributed by atoms with E-state index in [9.17, 15) is 4.79 Å². The van der Waals surface area contributed by atoms with Crippen molar-refractivity contribution in [1.82, 2.24) is 0 Å². The van der Waals surface area contributed by atoms with E-state index in [4.69, 9.17) is 5.11 Å². The third kappa shape index (κ3) is 1.06. The average molecular weight is 192 g/mol. The molecule has 0 heterocycles. The van der Waals surface area contributed by atoms with Crippen LogP contribution in [0.4, 0.5) is 0 Å². The molecule has 1 N–H and O–H groups in total. The maximum atomic E-state index is 10.7. The summed E-state index contributed by atoms with van der Waals surface area (Å²) in [7, 11) is 0. The molecule has 5 atom stereocenters. The summed E-state index contributed by atoms with van der Waals surface area (Å²) in [5.74, 6) is 3.01. The van der Waals surface area contributed by atoms with E-state index >= 15 is 0 Å². The minimum atomic E-state index is -0.610. The summed E-state index contributed by atoms with van der Waals surface area (Å²) in [6, 6.07) is 0. The van der Waals surface area contributed by atoms with Gasteiger partial charge in [0.05, 0.1) is 0 Å². The van der Waals surface area contributed by atoms with Gasteiger partial charge in [0.2, 0.25) is 0 Å². The summed E-state index contributed by atoms with van der Waals surface area (Å²) in [6.07, 6.45) is 8.79. The van der Waals surface area contributed by atoms with E-state index in [0.717, 1.165) is 17.8 Å². The molecule has 0 aromatic rings. The minimum absolute atomic E-state index is 0.401. The zero-order valence-corrected chi connectivity index (χ0v) is 8.23. The highest BCUT2D eigenvalue weighted by molar-refractivity contribution is 5.67. The van der Waals surface area contributed by atoms with Gasteiger partial charge in [-0.05, 0) is 48.9 Å². The van der Waals surface area contributed by atoms with E-state index in [1.165, 1.54) is 19.3 Å². The van der Waals surface area contributed by atoms with Crippen LogP contribution in [0.25, 0.3) is 0 Å². The molecule has 0 aromatic heterocycles. The van der Waals surface area contributed by atoms with Crippen molar-refractivity contribution < 1.29 is 9.90 Å². The van der Waals surface area contributed by atoms with Crippen molar-refractivity contribution >= 4 is 5.97 Å². The van der Waals surface area contributed by atoms with Gasteiger partial charge in [0, 0.05) is 6.42 Å². The highest BCUT2D eigenvalue weighted by atomic mass is 16.4. The number of rotatable bonds is 2. The molecule has 14 heavy (non-hydrogen) atoms. The molecule has 2 fully saturated rings. The Morgan fingerprint density at radius 2 is 2.21 bits per heavy atom. The third-order valence-corrected chi connectivity index (χ3v) is 4.58. The first-order chi connectivity index (χ1) is 6.75. The van der Waals surface area contributed by atoms with E-state index in [2.05, 4.69) is 12.2 Å². The summed E-state index contributed by atoms with van der Waals surface area (Å²) < 4.78 is 0. The quantitative estimate of drug-likeness (QED) is 0.682. The summed E-state index contributed by atoms with van der Waals surface area (Å²) in [4.78, 5) is 10.7. The lowest BCUT2D eigenvalue weighted by Crippen LogP contribution is -2.25. The van der Waals surface area contributed by atoms with Gasteiger partial charge in [-0.3, -0.25) is 4.79 Å². The Kier molecular flexibility index (Phi) is 1.73. The molecule has 2 heteroatoms. The van der Waals surface area contributed by atoms with Gasteiger partial charge < -0.3 is 5.11 Å². The first kappa shape index (κ1) is 8.51. The SMILES string of the molecule is O=C(O)C[C@@H]1C[C@H]2C[C@H]1[C@@H]1C=CC[C@@H]21. The first-order valence-electron chi connectivity index (χ1n) is 5.64. The van der Waals surface area contributed by atoms with Crippen molar-refractivity contribution in [3.8, 4) is 0 Å². The lowest BCUT2D eigenvalue weighted by molar-refractivity contribution is -0.138. The number of carboxylic acid groups (broad SMARTS) is 1. The summed E-state index contributed by atoms with van der Waals surface area (Å²) in [6.45, 7) is 0. The predicted molar refractivity (Wildman–Crippen MR) is 52.7 cm³/mol. The molecule has 3 rings (SSSR count). The largest absolute Gasteiger partial charge is 0.481 e. The number of carbonyl (C=O) groups is 1. The van der Waals surface area contributed by atoms with Crippen LogP contribution in [0.15, 0.2) is 12.2 Å². The van der Waals surface area contributed by atoms with Gasteiger partial charge in [0.1, 0.15) is 0 Å². The van der Waals surface area contributed by atoms with Crippen LogP contribution < -0.4 is 0 Å². The van der Waals surface area contributed by atoms with Crippen molar-refractivity contribution in [2.75, 3.05) is 0 Å². The fourth-order valence-corrected chi connectivity index (χ4v) is 4.14. The van der Waals surface area contributed by atoms with Gasteiger partial charge in [-0.1, -0.05) is 12.2 Å². The lowest BCUT2D eigenvalue weighted by Gasteiger charge is -2.30. The number of carboxylic acids is 1. The van der Waals surface area contributed by atoms with Gasteiger partial charge in [-0.25, -0.2) is 0 Å². The van der Waals surface area contributed by atoms with Crippen LogP contribution in [0.2, 0.25) is 0 Å². The Balaban J connectivity index is 1.76. The minimum Gasteiger partial charge on any atom is -0.481 e. The molecule has 76 valence electrons. The van der Waals surface area contributed by atoms with Crippen molar-refractivity contribution in [3.05, 3.63) is 12.2 Å². The van der Waals surface area contributed by atoms with Crippen LogP contribution in [0, 0.1) is 29.6 Å². The maximum absolute atomic E-state index is 10.7. The van der Waals surface area contributed by atoms with Gasteiger partial charge >= 0.3 is 5.97 Å². The van der Waals surface area contributed by atoms with Crippen molar-refractivity contribution in [3.63, 3.8) is 0 Å². The van der Waals surface area contributed by atoms with Crippen LogP contribution >= 0.6 is 0 Å². The first-order valence-corrected chi connectivity index (χ1v) is 5.64. The van der Waals surface area contributed by atoms with Gasteiger partial charge in [0.15, 0.2) is 0 Å². The van der Waals surface area contributed by atoms with Crippen LogP contribution in [-0.2, 0) is 4.79 Å². The molecular weight excluding hydrogens is 176 g/mol. The Hall–Kier alpha value is -0.790. The molecule has 0 aromatic carbocycles. The fourth-order valence-electron chi connectivity index (χ4n) is 4.14. The predicted octanol–water partition coefficient (Wildman–Crippen LogP) is 2.31. The smallest absolute Gasteiger partial charge is 0.303 e. The summed E-state index contributed by atoms with van der Waals surface area (Å²) in [5, 5.41) is 8.82. The fraction of sp³-hybridized carbons (Fsp3) is 0.750. The van der Waals surface area contributed by atoms with E-state index in [-0.39, 0.29) is 0 Å². The van der Waals surface area contributed by atoms with E-state index in [1.807, 2.05) is 0 Å². The molecule has 3 aliphatic rings. The zero-order valence-electron chi connectivity index (χ0n) is 8.23. The number of allylic oxidation sites excluding steroid dienone is 2. The van der Waals surface area contributed by atoms with E-state index in [0.29, 0.717) is 18.3 Å². The summed E-state index contributed by atoms with van der Waals surface area (Å²) >= 11 is 0. The molecule has 0 spiro atoms. The van der Waals surface area contributed by atoms with Crippen LogP contribution in [-0.4, -0.2) is 11.1 Å². The number of fused-ring (bicyclic) bond motifs is 5. The van der Waals surface area contributed by atoms with Crippen molar-refractivity contribution in [2.45, 2.75) is 25.7 Å². The van der Waals surface area contributed by atoms with Crippen LogP contribution in [0.1, 0.15) is 25.7 Å². The van der Waals surface area contributed by atoms with Crippen LogP contribution in [0.5, 0.6) is 0 Å². The lowest BCUT2D eigenvalue weighted by atomic mass is 9.74. The monoisotopic (exact) mass is 192 g/mol. The van der Waals surface area contributed by atoms with Gasteiger partial charge in [-0.2, -0.15) is 0 Å². The molecule has 0 radical (unpaired) electrons. The average Bonchev–Trinajstić information content (AvgIpc) is 2.68. The maximum Gasteiger partial charge on any atom is 0.303 e. The molecule has 2 nitrogen and oxygen atoms in total.